The van der Waals surface area contributed by atoms with Crippen LogP contribution < -0.4 is 0 Å². The predicted molar refractivity (Wildman–Crippen MR) is 123 cm³/mol. The van der Waals surface area contributed by atoms with Crippen LogP contribution in [-0.2, 0) is 13.6 Å². The Bertz CT molecular complexity index is 447. The van der Waals surface area contributed by atoms with E-state index in [9.17, 15) is 4.79 Å². The monoisotopic (exact) mass is 416 g/mol. The molecule has 0 aromatic rings. The first-order valence-corrected chi connectivity index (χ1v) is 16.6. The lowest BCUT2D eigenvalue weighted by atomic mass is 9.95. The molecule has 0 bridgehead atoms. The van der Waals surface area contributed by atoms with Gasteiger partial charge in [-0.05, 0) is 55.0 Å². The molecule has 0 aromatic carbocycles. The summed E-state index contributed by atoms with van der Waals surface area (Å²) in [5.74, 6) is 0.474. The second kappa shape index (κ2) is 10.2. The lowest BCUT2D eigenvalue weighted by Gasteiger charge is -2.40. The molecule has 3 nitrogen and oxygen atoms in total. The van der Waals surface area contributed by atoms with Crippen molar-refractivity contribution in [3.63, 3.8) is 0 Å². The summed E-state index contributed by atoms with van der Waals surface area (Å²) in [6, 6.07) is 0. The van der Waals surface area contributed by atoms with Gasteiger partial charge in [0.05, 0.1) is 6.10 Å². The van der Waals surface area contributed by atoms with Crippen molar-refractivity contribution in [3.8, 4) is 0 Å². The highest BCUT2D eigenvalue weighted by Crippen LogP contribution is 2.39. The summed E-state index contributed by atoms with van der Waals surface area (Å²) in [5, 5.41) is 0.398. The van der Waals surface area contributed by atoms with E-state index in [1.807, 2.05) is 6.92 Å². The Kier molecular flexibility index (Phi) is 10.2. The number of carbonyl (C=O) groups excluding carboxylic acids is 1. The number of hydrogen-bond donors (Lipinski definition) is 0. The first-order chi connectivity index (χ1) is 12.0. The lowest BCUT2D eigenvalue weighted by molar-refractivity contribution is -0.113. The number of aldehydes is 1. The molecule has 0 unspecified atom stereocenters. The molecule has 0 spiro atoms. The summed E-state index contributed by atoms with van der Waals surface area (Å²) in [6.07, 6.45) is 4.18. The van der Waals surface area contributed by atoms with E-state index in [-0.39, 0.29) is 22.1 Å². The van der Waals surface area contributed by atoms with Gasteiger partial charge < -0.3 is 13.6 Å². The molecule has 0 rings (SSSR count). The summed E-state index contributed by atoms with van der Waals surface area (Å²) in [5.41, 5.74) is 0. The zero-order valence-corrected chi connectivity index (χ0v) is 22.4. The van der Waals surface area contributed by atoms with Gasteiger partial charge >= 0.3 is 0 Å². The van der Waals surface area contributed by atoms with Gasteiger partial charge in [0.25, 0.3) is 0 Å². The van der Waals surface area contributed by atoms with Crippen molar-refractivity contribution in [2.45, 2.75) is 117 Å². The Labute approximate surface area is 172 Å². The normalized spacial score (nSPS) is 17.5. The molecular formula is C22H48O3Si2. The maximum Gasteiger partial charge on any atom is 0.192 e. The minimum Gasteiger partial charge on any atom is -0.417 e. The fourth-order valence-electron chi connectivity index (χ4n) is 2.42. The van der Waals surface area contributed by atoms with E-state index in [2.05, 4.69) is 74.7 Å². The van der Waals surface area contributed by atoms with Crippen LogP contribution in [0.1, 0.15) is 74.7 Å². The average molecular weight is 417 g/mol. The van der Waals surface area contributed by atoms with Crippen molar-refractivity contribution >= 4 is 22.9 Å². The molecule has 3 atom stereocenters. The van der Waals surface area contributed by atoms with Gasteiger partial charge in [0.15, 0.2) is 16.6 Å². The van der Waals surface area contributed by atoms with Gasteiger partial charge in [-0.25, -0.2) is 0 Å². The minimum atomic E-state index is -1.89. The number of rotatable bonds is 11. The predicted octanol–water partition coefficient (Wildman–Crippen LogP) is 7.04. The third-order valence-corrected chi connectivity index (χ3v) is 16.0. The molecule has 0 aliphatic rings. The summed E-state index contributed by atoms with van der Waals surface area (Å²) in [4.78, 5) is 11.5. The van der Waals surface area contributed by atoms with E-state index in [1.165, 1.54) is 0 Å². The molecule has 0 radical (unpaired) electrons. The van der Waals surface area contributed by atoms with Crippen molar-refractivity contribution < 1.29 is 13.6 Å². The van der Waals surface area contributed by atoms with Crippen molar-refractivity contribution in [2.24, 2.45) is 11.8 Å². The van der Waals surface area contributed by atoms with Crippen LogP contribution in [0.3, 0.4) is 0 Å². The van der Waals surface area contributed by atoms with Gasteiger partial charge in [-0.2, -0.15) is 0 Å². The molecule has 162 valence electrons. The Morgan fingerprint density at radius 3 is 1.74 bits per heavy atom. The van der Waals surface area contributed by atoms with E-state index in [0.717, 1.165) is 32.2 Å². The Morgan fingerprint density at radius 2 is 1.37 bits per heavy atom. The van der Waals surface area contributed by atoms with Gasteiger partial charge in [0.1, 0.15) is 6.29 Å². The fraction of sp³-hybridized carbons (Fsp3) is 0.955. The van der Waals surface area contributed by atoms with E-state index in [4.69, 9.17) is 8.85 Å². The topological polar surface area (TPSA) is 35.5 Å². The molecule has 0 aliphatic heterocycles. The molecular weight excluding hydrogens is 368 g/mol. The molecule has 0 N–H and O–H groups in total. The van der Waals surface area contributed by atoms with E-state index in [1.54, 1.807) is 0 Å². The van der Waals surface area contributed by atoms with Gasteiger partial charge in [0.2, 0.25) is 0 Å². The molecule has 0 amide bonds. The van der Waals surface area contributed by atoms with Crippen molar-refractivity contribution in [2.75, 3.05) is 6.61 Å². The Hall–Kier alpha value is 0.0238. The Balaban J connectivity index is 4.96. The molecule has 5 heteroatoms. The van der Waals surface area contributed by atoms with E-state index < -0.39 is 16.6 Å². The highest BCUT2D eigenvalue weighted by atomic mass is 28.4. The van der Waals surface area contributed by atoms with Gasteiger partial charge in [-0.1, -0.05) is 61.8 Å². The molecule has 0 fully saturated rings. The fourth-order valence-corrected chi connectivity index (χ4v) is 4.95. The van der Waals surface area contributed by atoms with Crippen molar-refractivity contribution in [1.29, 1.82) is 0 Å². The standard InChI is InChI=1S/C22H48O3Si2/c1-13-19(17-24-26(9,10)21(3,4)5)14-15-20(18(2)16-23)25-27(11,12)22(6,7)8/h16,18-20H,13-15,17H2,1-12H3/t18-,19+,20-/m0/s1. The second-order valence-electron chi connectivity index (χ2n) is 11.3. The quantitative estimate of drug-likeness (QED) is 0.267. The van der Waals surface area contributed by atoms with Crippen LogP contribution in [0.2, 0.25) is 36.3 Å². The highest BCUT2D eigenvalue weighted by molar-refractivity contribution is 6.74. The zero-order valence-electron chi connectivity index (χ0n) is 20.4. The zero-order chi connectivity index (χ0) is 21.7. The highest BCUT2D eigenvalue weighted by Gasteiger charge is 2.40. The van der Waals surface area contributed by atoms with Crippen LogP contribution in [0.4, 0.5) is 0 Å². The van der Waals surface area contributed by atoms with Crippen LogP contribution in [-0.4, -0.2) is 35.6 Å². The summed E-state index contributed by atoms with van der Waals surface area (Å²) >= 11 is 0. The van der Waals surface area contributed by atoms with Crippen molar-refractivity contribution in [1.82, 2.24) is 0 Å². The average Bonchev–Trinajstić information content (AvgIpc) is 2.50. The molecule has 0 aromatic heterocycles. The second-order valence-corrected chi connectivity index (χ2v) is 20.9. The maximum absolute atomic E-state index is 11.5. The first kappa shape index (κ1) is 27.0. The smallest absolute Gasteiger partial charge is 0.192 e. The first-order valence-electron chi connectivity index (χ1n) is 10.8. The summed E-state index contributed by atoms with van der Waals surface area (Å²) in [7, 11) is -3.60. The van der Waals surface area contributed by atoms with Crippen LogP contribution >= 0.6 is 0 Å². The van der Waals surface area contributed by atoms with Crippen LogP contribution in [0.25, 0.3) is 0 Å². The maximum atomic E-state index is 11.5. The number of carbonyl (C=O) groups is 1. The third-order valence-electron chi connectivity index (χ3n) is 6.98. The molecule has 0 aliphatic carbocycles. The summed E-state index contributed by atoms with van der Waals surface area (Å²) in [6.45, 7) is 27.9. The molecule has 0 saturated carbocycles. The van der Waals surface area contributed by atoms with Crippen LogP contribution in [0.5, 0.6) is 0 Å². The lowest BCUT2D eigenvalue weighted by Crippen LogP contribution is -2.46. The largest absolute Gasteiger partial charge is 0.417 e. The Morgan fingerprint density at radius 1 is 0.889 bits per heavy atom. The molecule has 0 saturated heterocycles. The van der Waals surface area contributed by atoms with E-state index in [0.29, 0.717) is 5.92 Å². The van der Waals surface area contributed by atoms with Crippen molar-refractivity contribution in [3.05, 3.63) is 0 Å². The number of hydrogen-bond acceptors (Lipinski definition) is 3. The molecule has 27 heavy (non-hydrogen) atoms. The van der Waals surface area contributed by atoms with Crippen LogP contribution in [0.15, 0.2) is 0 Å². The van der Waals surface area contributed by atoms with E-state index >= 15 is 0 Å². The van der Waals surface area contributed by atoms with Gasteiger partial charge in [-0.3, -0.25) is 0 Å². The third kappa shape index (κ3) is 8.50. The summed E-state index contributed by atoms with van der Waals surface area (Å²) < 4.78 is 13.1. The SMILES string of the molecule is CC[C@H](CC[C@H](O[Si](C)(C)C(C)(C)C)[C@@H](C)C=O)CO[Si](C)(C)C(C)(C)C. The molecule has 0 heterocycles. The van der Waals surface area contributed by atoms with Gasteiger partial charge in [0, 0.05) is 12.5 Å². The van der Waals surface area contributed by atoms with Gasteiger partial charge in [-0.15, -0.1) is 0 Å². The minimum absolute atomic E-state index is 0.0188. The van der Waals surface area contributed by atoms with Crippen LogP contribution in [0, 0.1) is 11.8 Å².